The Morgan fingerprint density at radius 3 is 2.35 bits per heavy atom. The highest BCUT2D eigenvalue weighted by Gasteiger charge is 2.47. The van der Waals surface area contributed by atoms with Gasteiger partial charge in [-0.25, -0.2) is 4.79 Å². The summed E-state index contributed by atoms with van der Waals surface area (Å²) in [5, 5.41) is 2.82. The highest BCUT2D eigenvalue weighted by molar-refractivity contribution is 6.00. The van der Waals surface area contributed by atoms with E-state index in [0.29, 0.717) is 18.5 Å². The van der Waals surface area contributed by atoms with Crippen LogP contribution in [0, 0.1) is 11.8 Å². The number of carbonyl (C=O) groups excluding carboxylic acids is 4. The monoisotopic (exact) mass is 365 g/mol. The predicted octanol–water partition coefficient (Wildman–Crippen LogP) is 1.01. The van der Waals surface area contributed by atoms with Gasteiger partial charge in [0.2, 0.25) is 0 Å². The lowest BCUT2D eigenvalue weighted by atomic mass is 9.79. The molecule has 1 fully saturated rings. The number of rotatable bonds is 4. The summed E-state index contributed by atoms with van der Waals surface area (Å²) in [6, 6.07) is 0. The van der Waals surface area contributed by atoms with Crippen molar-refractivity contribution in [2.75, 3.05) is 14.2 Å². The number of carbonyl (C=O) groups is 4. The lowest BCUT2D eigenvalue weighted by molar-refractivity contribution is -0.165. The van der Waals surface area contributed by atoms with E-state index in [-0.39, 0.29) is 17.1 Å². The molecule has 0 radical (unpaired) electrons. The molecule has 1 heterocycles. The molecule has 0 aromatic rings. The molecule has 26 heavy (non-hydrogen) atoms. The summed E-state index contributed by atoms with van der Waals surface area (Å²) in [5.74, 6) is -4.97. The molecular weight excluding hydrogens is 342 g/mol. The van der Waals surface area contributed by atoms with E-state index in [1.807, 2.05) is 0 Å². The van der Waals surface area contributed by atoms with E-state index < -0.39 is 35.8 Å². The molecule has 0 bridgehead atoms. The normalized spacial score (nSPS) is 26.0. The van der Waals surface area contributed by atoms with E-state index in [9.17, 15) is 19.2 Å². The van der Waals surface area contributed by atoms with Crippen LogP contribution in [-0.4, -0.2) is 44.0 Å². The van der Waals surface area contributed by atoms with Gasteiger partial charge in [0.15, 0.2) is 11.9 Å². The molecular formula is C18H23NO7. The second-order valence-electron chi connectivity index (χ2n) is 6.30. The maximum atomic E-state index is 12.9. The lowest BCUT2D eigenvalue weighted by Crippen LogP contribution is -2.46. The van der Waals surface area contributed by atoms with Crippen LogP contribution < -0.4 is 5.32 Å². The van der Waals surface area contributed by atoms with Crippen LogP contribution in [-0.2, 0) is 33.4 Å². The molecule has 1 saturated carbocycles. The van der Waals surface area contributed by atoms with Gasteiger partial charge in [-0.1, -0.05) is 6.58 Å². The first-order valence-corrected chi connectivity index (χ1v) is 8.37. The zero-order chi connectivity index (χ0) is 19.4. The SMILES string of the molecule is C=C1NC(C)=C(C(=O)OC)[C@@H](C(=O)O[C@H]2CCCCC2=O)[C@@H]1C(=O)OC. The van der Waals surface area contributed by atoms with Crippen LogP contribution >= 0.6 is 0 Å². The van der Waals surface area contributed by atoms with Crippen molar-refractivity contribution in [3.05, 3.63) is 23.5 Å². The number of Topliss-reactive ketones (excluding diaryl/α,β-unsaturated/α-hetero) is 1. The van der Waals surface area contributed by atoms with Gasteiger partial charge in [-0.3, -0.25) is 14.4 Å². The van der Waals surface area contributed by atoms with Crippen molar-refractivity contribution in [1.29, 1.82) is 0 Å². The minimum Gasteiger partial charge on any atom is -0.468 e. The van der Waals surface area contributed by atoms with E-state index in [1.54, 1.807) is 6.92 Å². The Morgan fingerprint density at radius 2 is 1.77 bits per heavy atom. The highest BCUT2D eigenvalue weighted by Crippen LogP contribution is 2.35. The number of ether oxygens (including phenoxy) is 3. The van der Waals surface area contributed by atoms with E-state index >= 15 is 0 Å². The number of hydrogen-bond donors (Lipinski definition) is 1. The van der Waals surface area contributed by atoms with Crippen LogP contribution in [0.15, 0.2) is 23.5 Å². The van der Waals surface area contributed by atoms with Crippen molar-refractivity contribution in [3.8, 4) is 0 Å². The average Bonchev–Trinajstić information content (AvgIpc) is 2.61. The molecule has 0 unspecified atom stereocenters. The van der Waals surface area contributed by atoms with Gasteiger partial charge >= 0.3 is 17.9 Å². The van der Waals surface area contributed by atoms with Crippen LogP contribution in [0.5, 0.6) is 0 Å². The fraction of sp³-hybridized carbons (Fsp3) is 0.556. The molecule has 8 nitrogen and oxygen atoms in total. The fourth-order valence-corrected chi connectivity index (χ4v) is 3.33. The minimum absolute atomic E-state index is 0.0384. The second kappa shape index (κ2) is 8.16. The Balaban J connectivity index is 2.40. The van der Waals surface area contributed by atoms with Gasteiger partial charge in [0.25, 0.3) is 0 Å². The molecule has 0 saturated heterocycles. The standard InChI is InChI=1S/C18H23NO7/c1-9-13(16(21)24-3)15(14(10(2)19-9)17(22)25-4)18(23)26-12-8-6-5-7-11(12)20/h12-13,15,19H,1,5-8H2,2-4H3/t12-,13+,15-/m0/s1. The van der Waals surface area contributed by atoms with E-state index in [0.717, 1.165) is 12.8 Å². The molecule has 8 heteroatoms. The topological polar surface area (TPSA) is 108 Å². The van der Waals surface area contributed by atoms with Gasteiger partial charge in [0.1, 0.15) is 11.8 Å². The zero-order valence-electron chi connectivity index (χ0n) is 15.1. The highest BCUT2D eigenvalue weighted by atomic mass is 16.6. The summed E-state index contributed by atoms with van der Waals surface area (Å²) in [7, 11) is 2.35. The Hall–Kier alpha value is -2.64. The van der Waals surface area contributed by atoms with Gasteiger partial charge < -0.3 is 19.5 Å². The van der Waals surface area contributed by atoms with Crippen molar-refractivity contribution in [2.24, 2.45) is 11.8 Å². The molecule has 0 aromatic heterocycles. The molecule has 1 N–H and O–H groups in total. The van der Waals surface area contributed by atoms with Gasteiger partial charge in [-0.2, -0.15) is 0 Å². The summed E-state index contributed by atoms with van der Waals surface area (Å²) in [6.07, 6.45) is 1.43. The van der Waals surface area contributed by atoms with Gasteiger partial charge in [0, 0.05) is 17.8 Å². The summed E-state index contributed by atoms with van der Waals surface area (Å²) >= 11 is 0. The molecule has 142 valence electrons. The molecule has 3 atom stereocenters. The van der Waals surface area contributed by atoms with E-state index in [1.165, 1.54) is 14.2 Å². The first-order chi connectivity index (χ1) is 12.3. The lowest BCUT2D eigenvalue weighted by Gasteiger charge is -2.34. The van der Waals surface area contributed by atoms with E-state index in [4.69, 9.17) is 14.2 Å². The van der Waals surface area contributed by atoms with Crippen LogP contribution in [0.1, 0.15) is 32.6 Å². The number of allylic oxidation sites excluding steroid dienone is 1. The van der Waals surface area contributed by atoms with E-state index in [2.05, 4.69) is 11.9 Å². The van der Waals surface area contributed by atoms with Gasteiger partial charge in [-0.15, -0.1) is 0 Å². The Morgan fingerprint density at radius 1 is 1.08 bits per heavy atom. The molecule has 0 amide bonds. The molecule has 0 spiro atoms. The summed E-state index contributed by atoms with van der Waals surface area (Å²) in [4.78, 5) is 49.3. The number of ketones is 1. The first kappa shape index (κ1) is 19.7. The second-order valence-corrected chi connectivity index (χ2v) is 6.30. The fourth-order valence-electron chi connectivity index (χ4n) is 3.33. The summed E-state index contributed by atoms with van der Waals surface area (Å²) in [6.45, 7) is 5.32. The molecule has 2 aliphatic rings. The van der Waals surface area contributed by atoms with Crippen LogP contribution in [0.4, 0.5) is 0 Å². The predicted molar refractivity (Wildman–Crippen MR) is 89.3 cm³/mol. The number of methoxy groups -OCH3 is 2. The number of nitrogens with one attached hydrogen (secondary N) is 1. The Labute approximate surface area is 151 Å². The summed E-state index contributed by atoms with van der Waals surface area (Å²) < 4.78 is 14.9. The maximum absolute atomic E-state index is 12.9. The van der Waals surface area contributed by atoms with Gasteiger partial charge in [0.05, 0.1) is 19.8 Å². The Kier molecular flexibility index (Phi) is 6.18. The van der Waals surface area contributed by atoms with Crippen molar-refractivity contribution >= 4 is 23.7 Å². The molecule has 0 aromatic carbocycles. The first-order valence-electron chi connectivity index (χ1n) is 8.37. The largest absolute Gasteiger partial charge is 0.468 e. The van der Waals surface area contributed by atoms with Crippen molar-refractivity contribution < 1.29 is 33.4 Å². The third kappa shape index (κ3) is 3.79. The van der Waals surface area contributed by atoms with Crippen molar-refractivity contribution in [1.82, 2.24) is 5.32 Å². The van der Waals surface area contributed by atoms with Crippen LogP contribution in [0.25, 0.3) is 0 Å². The van der Waals surface area contributed by atoms with Crippen LogP contribution in [0.2, 0.25) is 0 Å². The quantitative estimate of drug-likeness (QED) is 0.581. The van der Waals surface area contributed by atoms with Crippen molar-refractivity contribution in [3.63, 3.8) is 0 Å². The van der Waals surface area contributed by atoms with Crippen LogP contribution in [0.3, 0.4) is 0 Å². The minimum atomic E-state index is -1.29. The Bertz CT molecular complexity index is 679. The molecule has 1 aliphatic heterocycles. The third-order valence-corrected chi connectivity index (χ3v) is 4.64. The number of esters is 3. The van der Waals surface area contributed by atoms with Crippen molar-refractivity contribution in [2.45, 2.75) is 38.7 Å². The summed E-state index contributed by atoms with van der Waals surface area (Å²) in [5.41, 5.74) is 0.501. The van der Waals surface area contributed by atoms with Gasteiger partial charge in [-0.05, 0) is 26.2 Å². The smallest absolute Gasteiger partial charge is 0.336 e. The average molecular weight is 365 g/mol. The number of hydrogen-bond acceptors (Lipinski definition) is 8. The molecule has 1 aliphatic carbocycles. The zero-order valence-corrected chi connectivity index (χ0v) is 15.1. The third-order valence-electron chi connectivity index (χ3n) is 4.64. The maximum Gasteiger partial charge on any atom is 0.336 e. The molecule has 2 rings (SSSR count).